The first-order valence-corrected chi connectivity index (χ1v) is 6.56. The van der Waals surface area contributed by atoms with E-state index < -0.39 is 0 Å². The molecule has 0 saturated heterocycles. The second-order valence-electron chi connectivity index (χ2n) is 4.08. The third kappa shape index (κ3) is 2.91. The Morgan fingerprint density at radius 3 is 2.76 bits per heavy atom. The Hall–Kier alpha value is -1.22. The van der Waals surface area contributed by atoms with Crippen molar-refractivity contribution in [3.63, 3.8) is 0 Å². The summed E-state index contributed by atoms with van der Waals surface area (Å²) in [6, 6.07) is 10.4. The van der Waals surface area contributed by atoms with E-state index in [0.717, 1.165) is 22.3 Å². The van der Waals surface area contributed by atoms with E-state index in [1.165, 1.54) is 5.56 Å². The molecule has 1 heterocycles. The van der Waals surface area contributed by atoms with Crippen LogP contribution in [-0.4, -0.2) is 0 Å². The van der Waals surface area contributed by atoms with Crippen LogP contribution in [0.5, 0.6) is 0 Å². The summed E-state index contributed by atoms with van der Waals surface area (Å²) in [5, 5.41) is 3.48. The first kappa shape index (κ1) is 12.2. The monoisotopic (exact) mass is 293 g/mol. The van der Waals surface area contributed by atoms with Gasteiger partial charge in [0.15, 0.2) is 0 Å². The van der Waals surface area contributed by atoms with Gasteiger partial charge >= 0.3 is 0 Å². The second kappa shape index (κ2) is 5.41. The fourth-order valence-corrected chi connectivity index (χ4v) is 2.05. The lowest BCUT2D eigenvalue weighted by Gasteiger charge is -2.16. The number of aryl methyl sites for hydroxylation is 1. The molecule has 0 fully saturated rings. The molecular weight excluding hydrogens is 278 g/mol. The van der Waals surface area contributed by atoms with Gasteiger partial charge in [-0.2, -0.15) is 0 Å². The Balaban J connectivity index is 2.16. The number of nitrogens with one attached hydrogen (secondary N) is 1. The Bertz CT molecular complexity index is 479. The average Bonchev–Trinajstić information content (AvgIpc) is 2.84. The van der Waals surface area contributed by atoms with Crippen LogP contribution >= 0.6 is 15.9 Å². The zero-order valence-electron chi connectivity index (χ0n) is 10.0. The van der Waals surface area contributed by atoms with E-state index in [2.05, 4.69) is 53.3 Å². The normalized spacial score (nSPS) is 12.4. The van der Waals surface area contributed by atoms with E-state index in [0.29, 0.717) is 0 Å². The van der Waals surface area contributed by atoms with E-state index in [4.69, 9.17) is 4.42 Å². The SMILES string of the molecule is CCC(Nc1ccc(Br)c(C)c1)c1ccco1. The van der Waals surface area contributed by atoms with Crippen LogP contribution in [0.15, 0.2) is 45.5 Å². The minimum atomic E-state index is 0.227. The smallest absolute Gasteiger partial charge is 0.125 e. The molecular formula is C14H16BrNO. The van der Waals surface area contributed by atoms with E-state index >= 15 is 0 Å². The van der Waals surface area contributed by atoms with Crippen molar-refractivity contribution in [2.24, 2.45) is 0 Å². The van der Waals surface area contributed by atoms with Gasteiger partial charge < -0.3 is 9.73 Å². The average molecular weight is 294 g/mol. The van der Waals surface area contributed by atoms with E-state index in [9.17, 15) is 0 Å². The highest BCUT2D eigenvalue weighted by atomic mass is 79.9. The van der Waals surface area contributed by atoms with Crippen LogP contribution in [0.1, 0.15) is 30.7 Å². The van der Waals surface area contributed by atoms with Gasteiger partial charge in [-0.1, -0.05) is 22.9 Å². The van der Waals surface area contributed by atoms with Crippen LogP contribution in [0.2, 0.25) is 0 Å². The van der Waals surface area contributed by atoms with Gasteiger partial charge in [0, 0.05) is 10.2 Å². The highest BCUT2D eigenvalue weighted by Gasteiger charge is 2.11. The molecule has 0 aliphatic heterocycles. The number of halogens is 1. The Kier molecular flexibility index (Phi) is 3.89. The molecule has 1 aromatic carbocycles. The summed E-state index contributed by atoms with van der Waals surface area (Å²) in [6.45, 7) is 4.23. The summed E-state index contributed by atoms with van der Waals surface area (Å²) in [7, 11) is 0. The topological polar surface area (TPSA) is 25.2 Å². The largest absolute Gasteiger partial charge is 0.467 e. The molecule has 0 amide bonds. The number of benzene rings is 1. The third-order valence-corrected chi connectivity index (χ3v) is 3.68. The van der Waals surface area contributed by atoms with Crippen molar-refractivity contribution in [3.8, 4) is 0 Å². The van der Waals surface area contributed by atoms with Crippen molar-refractivity contribution in [2.75, 3.05) is 5.32 Å². The summed E-state index contributed by atoms with van der Waals surface area (Å²) >= 11 is 3.51. The molecule has 0 radical (unpaired) electrons. The van der Waals surface area contributed by atoms with Crippen LogP contribution in [0.25, 0.3) is 0 Å². The lowest BCUT2D eigenvalue weighted by Crippen LogP contribution is -2.08. The first-order chi connectivity index (χ1) is 8.20. The quantitative estimate of drug-likeness (QED) is 0.866. The Morgan fingerprint density at radius 2 is 2.18 bits per heavy atom. The molecule has 1 aromatic heterocycles. The van der Waals surface area contributed by atoms with Gasteiger partial charge in [-0.05, 0) is 49.2 Å². The second-order valence-corrected chi connectivity index (χ2v) is 4.94. The fraction of sp³-hybridized carbons (Fsp3) is 0.286. The fourth-order valence-electron chi connectivity index (χ4n) is 1.80. The van der Waals surface area contributed by atoms with Crippen molar-refractivity contribution in [3.05, 3.63) is 52.4 Å². The van der Waals surface area contributed by atoms with Gasteiger partial charge in [-0.3, -0.25) is 0 Å². The van der Waals surface area contributed by atoms with Gasteiger partial charge in [0.2, 0.25) is 0 Å². The van der Waals surface area contributed by atoms with Gasteiger partial charge in [-0.25, -0.2) is 0 Å². The summed E-state index contributed by atoms with van der Waals surface area (Å²) in [5.41, 5.74) is 2.35. The van der Waals surface area contributed by atoms with Crippen molar-refractivity contribution in [1.82, 2.24) is 0 Å². The van der Waals surface area contributed by atoms with Crippen LogP contribution in [0.3, 0.4) is 0 Å². The maximum atomic E-state index is 5.44. The molecule has 1 atom stereocenters. The molecule has 90 valence electrons. The van der Waals surface area contributed by atoms with Crippen LogP contribution in [0.4, 0.5) is 5.69 Å². The minimum absolute atomic E-state index is 0.227. The van der Waals surface area contributed by atoms with Crippen LogP contribution < -0.4 is 5.32 Å². The number of hydrogen-bond acceptors (Lipinski definition) is 2. The molecule has 3 heteroatoms. The summed E-state index contributed by atoms with van der Waals surface area (Å²) < 4.78 is 6.57. The van der Waals surface area contributed by atoms with E-state index in [-0.39, 0.29) is 6.04 Å². The highest BCUT2D eigenvalue weighted by Crippen LogP contribution is 2.25. The molecule has 0 saturated carbocycles. The number of hydrogen-bond donors (Lipinski definition) is 1. The third-order valence-electron chi connectivity index (χ3n) is 2.79. The van der Waals surface area contributed by atoms with Gasteiger partial charge in [-0.15, -0.1) is 0 Å². The van der Waals surface area contributed by atoms with Crippen LogP contribution in [-0.2, 0) is 0 Å². The lowest BCUT2D eigenvalue weighted by molar-refractivity contribution is 0.474. The molecule has 1 unspecified atom stereocenters. The molecule has 2 nitrogen and oxygen atoms in total. The van der Waals surface area contributed by atoms with Crippen molar-refractivity contribution in [1.29, 1.82) is 0 Å². The maximum Gasteiger partial charge on any atom is 0.125 e. The molecule has 1 N–H and O–H groups in total. The predicted octanol–water partition coefficient (Wildman–Crippen LogP) is 4.91. The Labute approximate surface area is 110 Å². The lowest BCUT2D eigenvalue weighted by atomic mass is 10.1. The Morgan fingerprint density at radius 1 is 1.35 bits per heavy atom. The molecule has 0 bridgehead atoms. The van der Waals surface area contributed by atoms with Gasteiger partial charge in [0.25, 0.3) is 0 Å². The highest BCUT2D eigenvalue weighted by molar-refractivity contribution is 9.10. The zero-order chi connectivity index (χ0) is 12.3. The molecule has 0 aliphatic rings. The number of anilines is 1. The summed E-state index contributed by atoms with van der Waals surface area (Å²) in [6.07, 6.45) is 2.70. The van der Waals surface area contributed by atoms with E-state index in [1.807, 2.05) is 12.1 Å². The summed E-state index contributed by atoms with van der Waals surface area (Å²) in [5.74, 6) is 0.980. The maximum absolute atomic E-state index is 5.44. The molecule has 17 heavy (non-hydrogen) atoms. The van der Waals surface area contributed by atoms with Crippen molar-refractivity contribution < 1.29 is 4.42 Å². The van der Waals surface area contributed by atoms with Gasteiger partial charge in [0.1, 0.15) is 5.76 Å². The standard InChI is InChI=1S/C14H16BrNO/c1-3-13(14-5-4-8-17-14)16-11-6-7-12(15)10(2)9-11/h4-9,13,16H,3H2,1-2H3. The number of furan rings is 1. The first-order valence-electron chi connectivity index (χ1n) is 5.76. The minimum Gasteiger partial charge on any atom is -0.467 e. The van der Waals surface area contributed by atoms with Crippen molar-refractivity contribution >= 4 is 21.6 Å². The van der Waals surface area contributed by atoms with Crippen LogP contribution in [0, 0.1) is 6.92 Å². The molecule has 0 spiro atoms. The molecule has 2 aromatic rings. The van der Waals surface area contributed by atoms with Crippen molar-refractivity contribution in [2.45, 2.75) is 26.3 Å². The predicted molar refractivity (Wildman–Crippen MR) is 74.2 cm³/mol. The van der Waals surface area contributed by atoms with E-state index in [1.54, 1.807) is 6.26 Å². The molecule has 0 aliphatic carbocycles. The summed E-state index contributed by atoms with van der Waals surface area (Å²) in [4.78, 5) is 0. The number of rotatable bonds is 4. The zero-order valence-corrected chi connectivity index (χ0v) is 11.6. The molecule has 2 rings (SSSR count). The van der Waals surface area contributed by atoms with Gasteiger partial charge in [0.05, 0.1) is 12.3 Å².